The molecule has 5 rings (SSSR count). The van der Waals surface area contributed by atoms with Gasteiger partial charge >= 0.3 is 0 Å². The van der Waals surface area contributed by atoms with Crippen LogP contribution in [-0.2, 0) is 20.8 Å². The van der Waals surface area contributed by atoms with Gasteiger partial charge in [0.15, 0.2) is 0 Å². The third-order valence-electron chi connectivity index (χ3n) is 7.20. The summed E-state index contributed by atoms with van der Waals surface area (Å²) in [5, 5.41) is 3.01. The van der Waals surface area contributed by atoms with Crippen LogP contribution in [0.15, 0.2) is 54.6 Å². The van der Waals surface area contributed by atoms with Crippen LogP contribution in [0.25, 0.3) is 0 Å². The van der Waals surface area contributed by atoms with E-state index in [2.05, 4.69) is 22.0 Å². The Hall–Kier alpha value is -3.19. The van der Waals surface area contributed by atoms with Crippen LogP contribution in [0, 0.1) is 0 Å². The largest absolute Gasteiger partial charge is 0.339 e. The highest BCUT2D eigenvalue weighted by Gasteiger charge is 2.52. The van der Waals surface area contributed by atoms with Crippen molar-refractivity contribution in [2.45, 2.75) is 44.2 Å². The van der Waals surface area contributed by atoms with Crippen LogP contribution in [0.4, 0.5) is 11.4 Å². The van der Waals surface area contributed by atoms with Gasteiger partial charge in [-0.25, -0.2) is 4.90 Å². The second-order valence-corrected chi connectivity index (χ2v) is 8.80. The molecule has 3 heterocycles. The molecule has 0 radical (unpaired) electrons. The molecule has 7 heteroatoms. The number of piperidine rings is 1. The second kappa shape index (κ2) is 8.06. The van der Waals surface area contributed by atoms with Crippen molar-refractivity contribution in [1.29, 1.82) is 0 Å². The maximum absolute atomic E-state index is 13.2. The summed E-state index contributed by atoms with van der Waals surface area (Å²) in [4.78, 5) is 44.4. The van der Waals surface area contributed by atoms with Crippen molar-refractivity contribution in [3.63, 3.8) is 0 Å². The van der Waals surface area contributed by atoms with E-state index in [1.165, 1.54) is 10.5 Å². The van der Waals surface area contributed by atoms with Crippen LogP contribution in [0.3, 0.4) is 0 Å². The van der Waals surface area contributed by atoms with Crippen molar-refractivity contribution in [1.82, 2.24) is 10.2 Å². The summed E-state index contributed by atoms with van der Waals surface area (Å²) < 4.78 is 0. The Morgan fingerprint density at radius 2 is 1.62 bits per heavy atom. The van der Waals surface area contributed by atoms with Gasteiger partial charge in [0.2, 0.25) is 11.8 Å². The van der Waals surface area contributed by atoms with Crippen LogP contribution in [0.1, 0.15) is 31.7 Å². The normalized spacial score (nSPS) is 23.3. The fourth-order valence-corrected chi connectivity index (χ4v) is 5.29. The molecule has 0 aromatic heterocycles. The molecule has 1 atom stereocenters. The summed E-state index contributed by atoms with van der Waals surface area (Å²) in [6.07, 6.45) is 2.34. The molecule has 1 N–H and O–H groups in total. The number of nitrogens with one attached hydrogen (secondary N) is 1. The number of aryl methyl sites for hydroxylation is 1. The lowest BCUT2D eigenvalue weighted by molar-refractivity contribution is -0.126. The monoisotopic (exact) mass is 432 g/mol. The molecule has 3 amide bonds. The number of likely N-dealkylation sites (tertiary alicyclic amines) is 1. The van der Waals surface area contributed by atoms with Crippen molar-refractivity contribution < 1.29 is 14.4 Å². The summed E-state index contributed by atoms with van der Waals surface area (Å²) in [7, 11) is 0. The van der Waals surface area contributed by atoms with E-state index in [1.54, 1.807) is 0 Å². The van der Waals surface area contributed by atoms with Gasteiger partial charge in [-0.15, -0.1) is 0 Å². The van der Waals surface area contributed by atoms with E-state index >= 15 is 0 Å². The zero-order valence-corrected chi connectivity index (χ0v) is 18.3. The lowest BCUT2D eigenvalue weighted by Gasteiger charge is -2.44. The highest BCUT2D eigenvalue weighted by atomic mass is 16.2. The standard InChI is InChI=1S/C25H28N4O3/c1-2-18-8-10-20(11-9-18)29-22(30)16-21(23(29)31)27-14-12-25(13-15-27)24(32)26-17-28(25)19-6-4-3-5-7-19/h3-11,21H,2,12-17H2,1H3,(H,26,32)/t21-/m0/s1. The second-order valence-electron chi connectivity index (χ2n) is 8.80. The molecular weight excluding hydrogens is 404 g/mol. The zero-order valence-electron chi connectivity index (χ0n) is 18.3. The summed E-state index contributed by atoms with van der Waals surface area (Å²) in [5.74, 6) is -0.271. The van der Waals surface area contributed by atoms with Crippen molar-refractivity contribution in [2.24, 2.45) is 0 Å². The topological polar surface area (TPSA) is 73.0 Å². The molecule has 3 aliphatic rings. The van der Waals surface area contributed by atoms with Crippen molar-refractivity contribution in [3.8, 4) is 0 Å². The van der Waals surface area contributed by atoms with E-state index < -0.39 is 11.6 Å². The van der Waals surface area contributed by atoms with E-state index in [4.69, 9.17) is 0 Å². The van der Waals surface area contributed by atoms with E-state index in [0.29, 0.717) is 38.3 Å². The fraction of sp³-hybridized carbons (Fsp3) is 0.400. The highest BCUT2D eigenvalue weighted by molar-refractivity contribution is 6.22. The molecule has 2 aromatic carbocycles. The average Bonchev–Trinajstić information content (AvgIpc) is 3.30. The number of hydrogen-bond acceptors (Lipinski definition) is 5. The van der Waals surface area contributed by atoms with Crippen LogP contribution >= 0.6 is 0 Å². The van der Waals surface area contributed by atoms with Gasteiger partial charge in [0, 0.05) is 18.8 Å². The third-order valence-corrected chi connectivity index (χ3v) is 7.20. The Bertz CT molecular complexity index is 1030. The Kier molecular flexibility index (Phi) is 5.21. The van der Waals surface area contributed by atoms with Gasteiger partial charge in [-0.1, -0.05) is 37.3 Å². The smallest absolute Gasteiger partial charge is 0.251 e. The highest BCUT2D eigenvalue weighted by Crippen LogP contribution is 2.38. The number of amides is 3. The van der Waals surface area contributed by atoms with Gasteiger partial charge in [0.05, 0.1) is 24.8 Å². The molecule has 0 bridgehead atoms. The van der Waals surface area contributed by atoms with Crippen LogP contribution in [0.2, 0.25) is 0 Å². The Morgan fingerprint density at radius 1 is 0.938 bits per heavy atom. The fourth-order valence-electron chi connectivity index (χ4n) is 5.29. The zero-order chi connectivity index (χ0) is 22.3. The number of rotatable bonds is 4. The number of carbonyl (C=O) groups is 3. The van der Waals surface area contributed by atoms with Crippen LogP contribution < -0.4 is 15.1 Å². The molecule has 32 heavy (non-hydrogen) atoms. The van der Waals surface area contributed by atoms with Crippen LogP contribution in [-0.4, -0.2) is 54.0 Å². The van der Waals surface area contributed by atoms with Gasteiger partial charge in [0.1, 0.15) is 5.54 Å². The van der Waals surface area contributed by atoms with Crippen molar-refractivity contribution >= 4 is 29.1 Å². The predicted molar refractivity (Wildman–Crippen MR) is 122 cm³/mol. The first-order chi connectivity index (χ1) is 15.5. The summed E-state index contributed by atoms with van der Waals surface area (Å²) in [6.45, 7) is 3.77. The van der Waals surface area contributed by atoms with Gasteiger partial charge in [-0.3, -0.25) is 19.3 Å². The molecule has 0 unspecified atom stereocenters. The van der Waals surface area contributed by atoms with E-state index in [0.717, 1.165) is 12.1 Å². The molecule has 3 saturated heterocycles. The molecule has 0 aliphatic carbocycles. The Morgan fingerprint density at radius 3 is 2.28 bits per heavy atom. The van der Waals surface area contributed by atoms with E-state index in [1.807, 2.05) is 54.6 Å². The number of anilines is 2. The Labute approximate surface area is 188 Å². The van der Waals surface area contributed by atoms with E-state index in [-0.39, 0.29) is 24.1 Å². The molecule has 1 spiro atoms. The van der Waals surface area contributed by atoms with Crippen molar-refractivity contribution in [2.75, 3.05) is 29.6 Å². The van der Waals surface area contributed by atoms with E-state index in [9.17, 15) is 14.4 Å². The number of nitrogens with zero attached hydrogens (tertiary/aromatic N) is 3. The molecule has 166 valence electrons. The number of para-hydroxylation sites is 1. The molecule has 2 aromatic rings. The average molecular weight is 433 g/mol. The molecule has 7 nitrogen and oxygen atoms in total. The molecular formula is C25H28N4O3. The minimum absolute atomic E-state index is 0.0486. The lowest BCUT2D eigenvalue weighted by Crippen LogP contribution is -2.58. The predicted octanol–water partition coefficient (Wildman–Crippen LogP) is 2.31. The lowest BCUT2D eigenvalue weighted by atomic mass is 9.85. The minimum atomic E-state index is -0.598. The third kappa shape index (κ3) is 3.28. The quantitative estimate of drug-likeness (QED) is 0.751. The van der Waals surface area contributed by atoms with Crippen LogP contribution in [0.5, 0.6) is 0 Å². The minimum Gasteiger partial charge on any atom is -0.339 e. The first kappa shape index (κ1) is 20.7. The molecule has 3 aliphatic heterocycles. The van der Waals surface area contributed by atoms with Gasteiger partial charge in [0.25, 0.3) is 5.91 Å². The summed E-state index contributed by atoms with van der Waals surface area (Å²) in [6, 6.07) is 17.1. The number of imide groups is 1. The Balaban J connectivity index is 1.31. The number of carbonyl (C=O) groups excluding carboxylic acids is 3. The first-order valence-corrected chi connectivity index (χ1v) is 11.3. The number of benzene rings is 2. The first-order valence-electron chi connectivity index (χ1n) is 11.3. The van der Waals surface area contributed by atoms with Crippen molar-refractivity contribution in [3.05, 3.63) is 60.2 Å². The summed E-state index contributed by atoms with van der Waals surface area (Å²) >= 11 is 0. The van der Waals surface area contributed by atoms with Gasteiger partial charge in [-0.2, -0.15) is 0 Å². The maximum atomic E-state index is 13.2. The maximum Gasteiger partial charge on any atom is 0.251 e. The number of hydrogen-bond donors (Lipinski definition) is 1. The van der Waals surface area contributed by atoms with Gasteiger partial charge in [-0.05, 0) is 49.1 Å². The molecule has 0 saturated carbocycles. The van der Waals surface area contributed by atoms with Gasteiger partial charge < -0.3 is 10.2 Å². The molecule has 3 fully saturated rings. The SMILES string of the molecule is CCc1ccc(N2C(=O)C[C@H](N3CCC4(CC3)C(=O)NCN4c3ccccc3)C2=O)cc1. The summed E-state index contributed by atoms with van der Waals surface area (Å²) in [5.41, 5.74) is 2.23.